The van der Waals surface area contributed by atoms with E-state index in [9.17, 15) is 0 Å². The molecule has 0 radical (unpaired) electrons. The number of nitrogens with zero attached hydrogens (tertiary/aromatic N) is 2. The van der Waals surface area contributed by atoms with Gasteiger partial charge in [0, 0.05) is 26.5 Å². The second kappa shape index (κ2) is 5.67. The highest BCUT2D eigenvalue weighted by Crippen LogP contribution is 2.63. The van der Waals surface area contributed by atoms with E-state index in [0.29, 0.717) is 5.41 Å². The molecule has 1 aromatic heterocycles. The van der Waals surface area contributed by atoms with E-state index in [1.165, 1.54) is 18.6 Å². The number of anilines is 1. The number of thiazole rings is 1. The Bertz CT molecular complexity index is 793. The Kier molecular flexibility index (Phi) is 3.84. The lowest BCUT2D eigenvalue weighted by atomic mass is 9.70. The summed E-state index contributed by atoms with van der Waals surface area (Å²) in [5, 5.41) is 7.72. The lowest BCUT2D eigenvalue weighted by Gasteiger charge is -2.34. The summed E-state index contributed by atoms with van der Waals surface area (Å²) in [5.41, 5.74) is 7.26. The molecule has 2 saturated carbocycles. The van der Waals surface area contributed by atoms with E-state index in [0.717, 1.165) is 33.2 Å². The van der Waals surface area contributed by atoms with Gasteiger partial charge < -0.3 is 0 Å². The highest BCUT2D eigenvalue weighted by molar-refractivity contribution is 9.10. The topological polar surface area (TPSA) is 37.3 Å². The van der Waals surface area contributed by atoms with Gasteiger partial charge in [-0.25, -0.2) is 4.98 Å². The van der Waals surface area contributed by atoms with Crippen molar-refractivity contribution in [3.63, 3.8) is 0 Å². The van der Waals surface area contributed by atoms with Crippen LogP contribution in [-0.4, -0.2) is 10.7 Å². The van der Waals surface area contributed by atoms with Crippen LogP contribution in [-0.2, 0) is 0 Å². The van der Waals surface area contributed by atoms with Gasteiger partial charge >= 0.3 is 0 Å². The average molecular weight is 404 g/mol. The second-order valence-electron chi connectivity index (χ2n) is 7.71. The maximum atomic E-state index is 4.77. The van der Waals surface area contributed by atoms with Crippen molar-refractivity contribution in [3.8, 4) is 11.3 Å². The van der Waals surface area contributed by atoms with Gasteiger partial charge in [0.2, 0.25) is 5.13 Å². The van der Waals surface area contributed by atoms with Gasteiger partial charge in [0.25, 0.3) is 0 Å². The first-order valence-electron chi connectivity index (χ1n) is 8.45. The van der Waals surface area contributed by atoms with Gasteiger partial charge in [0.15, 0.2) is 0 Å². The molecule has 5 heteroatoms. The zero-order valence-corrected chi connectivity index (χ0v) is 16.7. The molecule has 2 aliphatic rings. The van der Waals surface area contributed by atoms with Crippen molar-refractivity contribution in [3.05, 3.63) is 34.1 Å². The Labute approximate surface area is 155 Å². The first-order chi connectivity index (χ1) is 11.4. The zero-order valence-electron chi connectivity index (χ0n) is 14.3. The number of fused-ring (bicyclic) bond motifs is 2. The quantitative estimate of drug-likeness (QED) is 0.620. The van der Waals surface area contributed by atoms with Crippen LogP contribution < -0.4 is 5.43 Å². The van der Waals surface area contributed by atoms with Crippen LogP contribution >= 0.6 is 27.3 Å². The minimum absolute atomic E-state index is 0.233. The fourth-order valence-electron chi connectivity index (χ4n) is 4.29. The number of nitrogens with one attached hydrogen (secondary N) is 1. The van der Waals surface area contributed by atoms with Crippen LogP contribution in [0.25, 0.3) is 11.3 Å². The SMILES string of the molecule is CC1(C)[C@@H]2CC[C@@]1(C)/C(=N\Nc1nc(-c3ccc(Br)cc3)cs1)C2. The number of aromatic nitrogens is 1. The first kappa shape index (κ1) is 16.3. The largest absolute Gasteiger partial charge is 0.253 e. The molecule has 24 heavy (non-hydrogen) atoms. The third-order valence-electron chi connectivity index (χ3n) is 6.44. The van der Waals surface area contributed by atoms with Crippen molar-refractivity contribution in [1.29, 1.82) is 0 Å². The Morgan fingerprint density at radius 2 is 2.00 bits per heavy atom. The fourth-order valence-corrected chi connectivity index (χ4v) is 5.22. The van der Waals surface area contributed by atoms with Crippen LogP contribution in [0.4, 0.5) is 5.13 Å². The summed E-state index contributed by atoms with van der Waals surface area (Å²) < 4.78 is 1.08. The summed E-state index contributed by atoms with van der Waals surface area (Å²) in [5.74, 6) is 0.776. The van der Waals surface area contributed by atoms with Crippen molar-refractivity contribution >= 4 is 38.1 Å². The Hall–Kier alpha value is -1.20. The van der Waals surface area contributed by atoms with E-state index in [4.69, 9.17) is 5.10 Å². The fraction of sp³-hybridized carbons (Fsp3) is 0.474. The average Bonchev–Trinajstić information content (AvgIpc) is 3.16. The summed E-state index contributed by atoms with van der Waals surface area (Å²) in [7, 11) is 0. The van der Waals surface area contributed by atoms with Crippen molar-refractivity contribution in [2.45, 2.75) is 40.0 Å². The molecule has 2 atom stereocenters. The molecule has 1 aromatic carbocycles. The maximum absolute atomic E-state index is 4.77. The van der Waals surface area contributed by atoms with Gasteiger partial charge in [-0.1, -0.05) is 48.8 Å². The summed E-state index contributed by atoms with van der Waals surface area (Å²) in [6, 6.07) is 8.24. The number of hydrogen-bond donors (Lipinski definition) is 1. The van der Waals surface area contributed by atoms with Crippen LogP contribution in [0.1, 0.15) is 40.0 Å². The van der Waals surface area contributed by atoms with Crippen LogP contribution in [0.15, 0.2) is 39.2 Å². The molecule has 3 nitrogen and oxygen atoms in total. The van der Waals surface area contributed by atoms with E-state index in [2.05, 4.69) is 64.6 Å². The molecule has 1 heterocycles. The molecule has 0 amide bonds. The van der Waals surface area contributed by atoms with E-state index in [-0.39, 0.29) is 5.41 Å². The van der Waals surface area contributed by atoms with Crippen LogP contribution in [0, 0.1) is 16.7 Å². The number of benzene rings is 1. The van der Waals surface area contributed by atoms with Crippen LogP contribution in [0.2, 0.25) is 0 Å². The van der Waals surface area contributed by atoms with Crippen molar-refractivity contribution in [2.24, 2.45) is 21.8 Å². The summed E-state index contributed by atoms with van der Waals surface area (Å²) in [4.78, 5) is 4.68. The van der Waals surface area contributed by atoms with Gasteiger partial charge in [-0.2, -0.15) is 5.10 Å². The molecule has 4 rings (SSSR count). The van der Waals surface area contributed by atoms with Crippen molar-refractivity contribution < 1.29 is 0 Å². The lowest BCUT2D eigenvalue weighted by molar-refractivity contribution is 0.194. The standard InChI is InChI=1S/C19H22BrN3S/c1-18(2)13-8-9-19(18,3)16(10-13)22-23-17-21-15(11-24-17)12-4-6-14(20)7-5-12/h4-7,11,13H,8-10H2,1-3H3,(H,21,23)/b22-16-/t13-,19+/m1/s1. The monoisotopic (exact) mass is 403 g/mol. The first-order valence-corrected chi connectivity index (χ1v) is 10.1. The Morgan fingerprint density at radius 1 is 1.25 bits per heavy atom. The number of hydrogen-bond acceptors (Lipinski definition) is 4. The molecule has 0 aliphatic heterocycles. The van der Waals surface area contributed by atoms with Gasteiger partial charge in [-0.05, 0) is 42.7 Å². The number of halogens is 1. The smallest absolute Gasteiger partial charge is 0.203 e. The van der Waals surface area contributed by atoms with Gasteiger partial charge in [0.05, 0.1) is 5.69 Å². The molecule has 2 aromatic rings. The number of rotatable bonds is 3. The lowest BCUT2D eigenvalue weighted by Crippen LogP contribution is -2.32. The van der Waals surface area contributed by atoms with E-state index >= 15 is 0 Å². The summed E-state index contributed by atoms with van der Waals surface area (Å²) in [6.45, 7) is 7.19. The molecule has 1 N–H and O–H groups in total. The molecule has 0 unspecified atom stereocenters. The van der Waals surface area contributed by atoms with Gasteiger partial charge in [-0.3, -0.25) is 5.43 Å². The molecule has 126 valence electrons. The predicted octanol–water partition coefficient (Wildman–Crippen LogP) is 6.19. The van der Waals surface area contributed by atoms with Gasteiger partial charge in [0.1, 0.15) is 0 Å². The highest BCUT2D eigenvalue weighted by atomic mass is 79.9. The van der Waals surface area contributed by atoms with Crippen molar-refractivity contribution in [1.82, 2.24) is 4.98 Å². The molecule has 2 aliphatic carbocycles. The van der Waals surface area contributed by atoms with Crippen LogP contribution in [0.3, 0.4) is 0 Å². The minimum Gasteiger partial charge on any atom is -0.253 e. The molecule has 0 saturated heterocycles. The predicted molar refractivity (Wildman–Crippen MR) is 106 cm³/mol. The third-order valence-corrected chi connectivity index (χ3v) is 7.72. The highest BCUT2D eigenvalue weighted by Gasteiger charge is 2.59. The summed E-state index contributed by atoms with van der Waals surface area (Å²) >= 11 is 5.08. The van der Waals surface area contributed by atoms with E-state index < -0.39 is 0 Å². The third kappa shape index (κ3) is 2.44. The van der Waals surface area contributed by atoms with Crippen LogP contribution in [0.5, 0.6) is 0 Å². The molecule has 2 bridgehead atoms. The number of hydrazone groups is 1. The normalized spacial score (nSPS) is 29.3. The second-order valence-corrected chi connectivity index (χ2v) is 9.48. The van der Waals surface area contributed by atoms with E-state index in [1.54, 1.807) is 11.3 Å². The Balaban J connectivity index is 1.52. The Morgan fingerprint density at radius 3 is 2.62 bits per heavy atom. The molecular formula is C19H22BrN3S. The van der Waals surface area contributed by atoms with Gasteiger partial charge in [-0.15, -0.1) is 11.3 Å². The summed E-state index contributed by atoms with van der Waals surface area (Å²) in [6.07, 6.45) is 3.72. The maximum Gasteiger partial charge on any atom is 0.203 e. The van der Waals surface area contributed by atoms with E-state index in [1.807, 2.05) is 12.1 Å². The molecule has 2 fully saturated rings. The molecule has 0 spiro atoms. The minimum atomic E-state index is 0.233. The van der Waals surface area contributed by atoms with Crippen molar-refractivity contribution in [2.75, 3.05) is 5.43 Å². The zero-order chi connectivity index (χ0) is 16.9. The molecular weight excluding hydrogens is 382 g/mol.